The van der Waals surface area contributed by atoms with Crippen molar-refractivity contribution in [1.29, 1.82) is 0 Å². The van der Waals surface area contributed by atoms with Gasteiger partial charge >= 0.3 is 0 Å². The summed E-state index contributed by atoms with van der Waals surface area (Å²) < 4.78 is 0. The number of rotatable bonds is 1. The summed E-state index contributed by atoms with van der Waals surface area (Å²) in [4.78, 5) is 11.5. The van der Waals surface area contributed by atoms with Crippen molar-refractivity contribution in [1.82, 2.24) is 0 Å². The lowest BCUT2D eigenvalue weighted by Crippen LogP contribution is -2.16. The molecule has 0 N–H and O–H groups in total. The van der Waals surface area contributed by atoms with E-state index in [2.05, 4.69) is 0 Å². The van der Waals surface area contributed by atoms with E-state index in [0.29, 0.717) is 5.68 Å². The monoisotopic (exact) mass is 184 g/mol. The standard InChI is InChI=1S/C12H13BO/c14-12-11(7-4-8-13-12)9-10-5-2-1-3-6-10/h1-3,5-6,9,13H,4,7-8H2/b11-9-. The van der Waals surface area contributed by atoms with Crippen LogP contribution in [0.2, 0.25) is 6.32 Å². The van der Waals surface area contributed by atoms with Crippen LogP contribution in [0.3, 0.4) is 0 Å². The Morgan fingerprint density at radius 2 is 2.00 bits per heavy atom. The predicted octanol–water partition coefficient (Wildman–Crippen LogP) is 2.25. The van der Waals surface area contributed by atoms with Crippen LogP contribution in [0, 0.1) is 0 Å². The Labute approximate surface area is 85.1 Å². The molecule has 0 saturated carbocycles. The van der Waals surface area contributed by atoms with Crippen molar-refractivity contribution < 1.29 is 4.79 Å². The highest BCUT2D eigenvalue weighted by Crippen LogP contribution is 2.18. The summed E-state index contributed by atoms with van der Waals surface area (Å²) in [5, 5.41) is 0. The molecule has 70 valence electrons. The molecule has 1 heterocycles. The summed E-state index contributed by atoms with van der Waals surface area (Å²) >= 11 is 0. The van der Waals surface area contributed by atoms with E-state index in [9.17, 15) is 4.79 Å². The minimum Gasteiger partial charge on any atom is -0.307 e. The van der Waals surface area contributed by atoms with Crippen molar-refractivity contribution in [3.05, 3.63) is 41.5 Å². The molecule has 0 radical (unpaired) electrons. The molecule has 1 aromatic rings. The Bertz CT molecular complexity index is 354. The van der Waals surface area contributed by atoms with E-state index in [0.717, 1.165) is 37.6 Å². The predicted molar refractivity (Wildman–Crippen MR) is 60.6 cm³/mol. The van der Waals surface area contributed by atoms with Crippen LogP contribution in [0.5, 0.6) is 0 Å². The quantitative estimate of drug-likeness (QED) is 0.483. The van der Waals surface area contributed by atoms with E-state index in [1.807, 2.05) is 36.4 Å². The van der Waals surface area contributed by atoms with Crippen LogP contribution in [0.15, 0.2) is 35.9 Å². The highest BCUT2D eigenvalue weighted by atomic mass is 16.1. The fourth-order valence-electron chi connectivity index (χ4n) is 1.80. The molecule has 1 aliphatic rings. The van der Waals surface area contributed by atoms with Gasteiger partial charge in [-0.25, -0.2) is 0 Å². The van der Waals surface area contributed by atoms with Crippen LogP contribution in [0.1, 0.15) is 18.4 Å². The number of allylic oxidation sites excluding steroid dienone is 1. The molecular formula is C12H13BO. The maximum absolute atomic E-state index is 11.5. The Morgan fingerprint density at radius 3 is 2.71 bits per heavy atom. The van der Waals surface area contributed by atoms with Gasteiger partial charge in [-0.05, 0) is 23.6 Å². The van der Waals surface area contributed by atoms with Gasteiger partial charge in [-0.15, -0.1) is 0 Å². The Balaban J connectivity index is 2.21. The highest BCUT2D eigenvalue weighted by Gasteiger charge is 2.15. The lowest BCUT2D eigenvalue weighted by atomic mass is 9.61. The average Bonchev–Trinajstić information content (AvgIpc) is 2.23. The summed E-state index contributed by atoms with van der Waals surface area (Å²) in [5.41, 5.74) is 2.47. The summed E-state index contributed by atoms with van der Waals surface area (Å²) in [5.74, 6) is 0. The van der Waals surface area contributed by atoms with Gasteiger partial charge in [0.05, 0.1) is 0 Å². The second-order valence-corrected chi connectivity index (χ2v) is 3.71. The van der Waals surface area contributed by atoms with Crippen molar-refractivity contribution in [2.75, 3.05) is 0 Å². The van der Waals surface area contributed by atoms with Crippen molar-refractivity contribution in [3.63, 3.8) is 0 Å². The third-order valence-corrected chi connectivity index (χ3v) is 2.60. The van der Waals surface area contributed by atoms with Crippen LogP contribution in [-0.4, -0.2) is 13.0 Å². The molecule has 1 fully saturated rings. The van der Waals surface area contributed by atoms with E-state index in [-0.39, 0.29) is 0 Å². The molecule has 14 heavy (non-hydrogen) atoms. The second kappa shape index (κ2) is 4.27. The number of benzene rings is 1. The highest BCUT2D eigenvalue weighted by molar-refractivity contribution is 6.78. The van der Waals surface area contributed by atoms with Gasteiger partial charge in [0.25, 0.3) is 0 Å². The first-order chi connectivity index (χ1) is 6.86. The molecule has 0 atom stereocenters. The van der Waals surface area contributed by atoms with Gasteiger partial charge in [0, 0.05) is 0 Å². The second-order valence-electron chi connectivity index (χ2n) is 3.71. The summed E-state index contributed by atoms with van der Waals surface area (Å²) in [7, 11) is 0.735. The molecule has 0 spiro atoms. The molecule has 0 amide bonds. The minimum atomic E-state index is 0.333. The maximum atomic E-state index is 11.5. The van der Waals surface area contributed by atoms with Gasteiger partial charge in [0.2, 0.25) is 7.28 Å². The third-order valence-electron chi connectivity index (χ3n) is 2.60. The minimum absolute atomic E-state index is 0.333. The van der Waals surface area contributed by atoms with Gasteiger partial charge in [0.1, 0.15) is 5.68 Å². The topological polar surface area (TPSA) is 17.1 Å². The summed E-state index contributed by atoms with van der Waals surface area (Å²) in [6.45, 7) is 0. The van der Waals surface area contributed by atoms with Crippen molar-refractivity contribution >= 4 is 19.0 Å². The fourth-order valence-corrected chi connectivity index (χ4v) is 1.80. The molecule has 0 bridgehead atoms. The van der Waals surface area contributed by atoms with Crippen molar-refractivity contribution in [2.45, 2.75) is 19.2 Å². The SMILES string of the molecule is O=C1BCCC/C1=C/c1ccccc1. The normalized spacial score (nSPS) is 19.4. The van der Waals surface area contributed by atoms with Crippen LogP contribution in [0.25, 0.3) is 6.08 Å². The molecule has 0 aliphatic carbocycles. The zero-order valence-electron chi connectivity index (χ0n) is 8.20. The Morgan fingerprint density at radius 1 is 1.21 bits per heavy atom. The molecule has 1 aromatic carbocycles. The van der Waals surface area contributed by atoms with Crippen LogP contribution < -0.4 is 0 Å². The lowest BCUT2D eigenvalue weighted by Gasteiger charge is -2.11. The molecule has 1 aliphatic heterocycles. The average molecular weight is 184 g/mol. The first kappa shape index (κ1) is 9.26. The number of hydrogen-bond donors (Lipinski definition) is 0. The molecule has 1 saturated heterocycles. The first-order valence-corrected chi connectivity index (χ1v) is 5.15. The largest absolute Gasteiger partial charge is 0.307 e. The van der Waals surface area contributed by atoms with E-state index in [4.69, 9.17) is 0 Å². The Hall–Kier alpha value is -1.31. The molecule has 1 nitrogen and oxygen atoms in total. The van der Waals surface area contributed by atoms with E-state index in [1.165, 1.54) is 0 Å². The van der Waals surface area contributed by atoms with Gasteiger partial charge in [-0.3, -0.25) is 0 Å². The van der Waals surface area contributed by atoms with Gasteiger partial charge < -0.3 is 4.79 Å². The fraction of sp³-hybridized carbons (Fsp3) is 0.250. The molecule has 0 aromatic heterocycles. The maximum Gasteiger partial charge on any atom is 0.211 e. The number of carbonyl (C=O) groups excluding carboxylic acids is 1. The summed E-state index contributed by atoms with van der Waals surface area (Å²) in [6.07, 6.45) is 5.20. The third kappa shape index (κ3) is 2.14. The molecule has 0 unspecified atom stereocenters. The van der Waals surface area contributed by atoms with E-state index in [1.54, 1.807) is 0 Å². The van der Waals surface area contributed by atoms with E-state index >= 15 is 0 Å². The van der Waals surface area contributed by atoms with Gasteiger partial charge in [-0.1, -0.05) is 43.1 Å². The molecular weight excluding hydrogens is 171 g/mol. The van der Waals surface area contributed by atoms with Crippen LogP contribution in [0.4, 0.5) is 0 Å². The Kier molecular flexibility index (Phi) is 2.83. The van der Waals surface area contributed by atoms with Crippen molar-refractivity contribution in [2.24, 2.45) is 0 Å². The lowest BCUT2D eigenvalue weighted by molar-refractivity contribution is -0.109. The zero-order valence-corrected chi connectivity index (χ0v) is 8.20. The molecule has 2 heteroatoms. The van der Waals surface area contributed by atoms with E-state index < -0.39 is 0 Å². The smallest absolute Gasteiger partial charge is 0.211 e. The molecule has 2 rings (SSSR count). The van der Waals surface area contributed by atoms with Gasteiger partial charge in [0.15, 0.2) is 0 Å². The number of hydrogen-bond acceptors (Lipinski definition) is 1. The zero-order chi connectivity index (χ0) is 9.80. The first-order valence-electron chi connectivity index (χ1n) is 5.15. The van der Waals surface area contributed by atoms with Crippen molar-refractivity contribution in [3.8, 4) is 0 Å². The van der Waals surface area contributed by atoms with Crippen LogP contribution in [-0.2, 0) is 4.79 Å². The summed E-state index contributed by atoms with van der Waals surface area (Å²) in [6, 6.07) is 10.1. The van der Waals surface area contributed by atoms with Gasteiger partial charge in [-0.2, -0.15) is 0 Å². The number of carbonyl (C=O) groups is 1. The van der Waals surface area contributed by atoms with Crippen LogP contribution >= 0.6 is 0 Å².